The molecule has 4 heteroatoms. The second-order valence-corrected chi connectivity index (χ2v) is 3.47. The molecule has 0 aliphatic carbocycles. The molecule has 0 aliphatic heterocycles. The number of ether oxygens (including phenoxy) is 2. The van der Waals surface area contributed by atoms with Crippen molar-refractivity contribution in [2.45, 2.75) is 6.54 Å². The molecule has 0 amide bonds. The van der Waals surface area contributed by atoms with Crippen molar-refractivity contribution < 1.29 is 9.47 Å². The summed E-state index contributed by atoms with van der Waals surface area (Å²) in [5, 5.41) is 0. The second-order valence-electron chi connectivity index (χ2n) is 3.47. The number of benzene rings is 1. The first-order chi connectivity index (χ1) is 8.33. The lowest BCUT2D eigenvalue weighted by Crippen LogP contribution is -1.99. The van der Waals surface area contributed by atoms with Gasteiger partial charge in [-0.05, 0) is 30.3 Å². The Morgan fingerprint density at radius 2 is 1.82 bits per heavy atom. The summed E-state index contributed by atoms with van der Waals surface area (Å²) >= 11 is 0. The highest BCUT2D eigenvalue weighted by molar-refractivity contribution is 5.38. The smallest absolute Gasteiger partial charge is 0.134 e. The third kappa shape index (κ3) is 2.73. The zero-order valence-electron chi connectivity index (χ0n) is 9.59. The Bertz CT molecular complexity index is 483. The fourth-order valence-electron chi connectivity index (χ4n) is 1.44. The Hall–Kier alpha value is -2.07. The highest BCUT2D eigenvalue weighted by Gasteiger charge is 2.03. The number of rotatable bonds is 4. The molecule has 4 nitrogen and oxygen atoms in total. The van der Waals surface area contributed by atoms with Crippen LogP contribution in [0, 0.1) is 0 Å². The van der Waals surface area contributed by atoms with Crippen LogP contribution in [0.15, 0.2) is 42.7 Å². The zero-order chi connectivity index (χ0) is 12.1. The Morgan fingerprint density at radius 3 is 2.47 bits per heavy atom. The van der Waals surface area contributed by atoms with Crippen molar-refractivity contribution in [1.82, 2.24) is 4.98 Å². The molecule has 0 unspecified atom stereocenters. The lowest BCUT2D eigenvalue weighted by Gasteiger charge is -2.09. The fourth-order valence-corrected chi connectivity index (χ4v) is 1.44. The van der Waals surface area contributed by atoms with Gasteiger partial charge in [0.2, 0.25) is 0 Å². The first-order valence-electron chi connectivity index (χ1n) is 5.28. The van der Waals surface area contributed by atoms with Gasteiger partial charge in [-0.25, -0.2) is 0 Å². The van der Waals surface area contributed by atoms with Gasteiger partial charge >= 0.3 is 0 Å². The predicted octanol–water partition coefficient (Wildman–Crippen LogP) is 2.34. The van der Waals surface area contributed by atoms with E-state index < -0.39 is 0 Å². The van der Waals surface area contributed by atoms with Gasteiger partial charge < -0.3 is 15.2 Å². The molecule has 2 rings (SSSR count). The van der Waals surface area contributed by atoms with Crippen LogP contribution in [-0.4, -0.2) is 12.1 Å². The molecule has 0 saturated carbocycles. The van der Waals surface area contributed by atoms with Gasteiger partial charge in [-0.1, -0.05) is 0 Å². The molecule has 1 aromatic heterocycles. The van der Waals surface area contributed by atoms with Crippen LogP contribution in [0.1, 0.15) is 5.56 Å². The summed E-state index contributed by atoms with van der Waals surface area (Å²) in [6.45, 7) is 0.402. The maximum Gasteiger partial charge on any atom is 0.134 e. The number of hydrogen-bond acceptors (Lipinski definition) is 4. The van der Waals surface area contributed by atoms with E-state index in [1.165, 1.54) is 0 Å². The van der Waals surface area contributed by atoms with Gasteiger partial charge in [-0.2, -0.15) is 0 Å². The molecule has 1 heterocycles. The molecule has 0 bridgehead atoms. The average Bonchev–Trinajstić information content (AvgIpc) is 2.40. The summed E-state index contributed by atoms with van der Waals surface area (Å²) in [4.78, 5) is 4.01. The van der Waals surface area contributed by atoms with Crippen molar-refractivity contribution in [2.75, 3.05) is 7.11 Å². The van der Waals surface area contributed by atoms with Gasteiger partial charge in [0.1, 0.15) is 17.2 Å². The number of hydrogen-bond donors (Lipinski definition) is 1. The van der Waals surface area contributed by atoms with E-state index in [0.29, 0.717) is 6.54 Å². The van der Waals surface area contributed by atoms with Gasteiger partial charge in [0, 0.05) is 24.5 Å². The molecule has 2 N–H and O–H groups in total. The van der Waals surface area contributed by atoms with Gasteiger partial charge in [0.05, 0.1) is 7.11 Å². The lowest BCUT2D eigenvalue weighted by molar-refractivity contribution is 0.412. The summed E-state index contributed by atoms with van der Waals surface area (Å²) in [5.41, 5.74) is 6.49. The third-order valence-electron chi connectivity index (χ3n) is 2.37. The number of aromatic nitrogens is 1. The van der Waals surface area contributed by atoms with Crippen LogP contribution in [-0.2, 0) is 6.54 Å². The molecule has 0 aliphatic rings. The van der Waals surface area contributed by atoms with Crippen LogP contribution in [0.25, 0.3) is 0 Å². The van der Waals surface area contributed by atoms with Crippen molar-refractivity contribution in [1.29, 1.82) is 0 Å². The normalized spacial score (nSPS) is 10.0. The van der Waals surface area contributed by atoms with E-state index in [9.17, 15) is 0 Å². The largest absolute Gasteiger partial charge is 0.497 e. The first kappa shape index (κ1) is 11.4. The first-order valence-corrected chi connectivity index (χ1v) is 5.28. The summed E-state index contributed by atoms with van der Waals surface area (Å²) in [6, 6.07) is 9.18. The number of nitrogens with zero attached hydrogens (tertiary/aromatic N) is 1. The van der Waals surface area contributed by atoms with E-state index in [4.69, 9.17) is 15.2 Å². The Labute approximate surface area is 100 Å². The molecule has 88 valence electrons. The molecule has 17 heavy (non-hydrogen) atoms. The van der Waals surface area contributed by atoms with Gasteiger partial charge in [-0.15, -0.1) is 0 Å². The van der Waals surface area contributed by atoms with Gasteiger partial charge in [-0.3, -0.25) is 4.98 Å². The molecule has 0 fully saturated rings. The third-order valence-corrected chi connectivity index (χ3v) is 2.37. The summed E-state index contributed by atoms with van der Waals surface area (Å²) in [7, 11) is 1.63. The van der Waals surface area contributed by atoms with Gasteiger partial charge in [0.25, 0.3) is 0 Å². The molecule has 0 saturated heterocycles. The molecular weight excluding hydrogens is 216 g/mol. The highest BCUT2D eigenvalue weighted by atomic mass is 16.5. The van der Waals surface area contributed by atoms with Crippen molar-refractivity contribution in [2.24, 2.45) is 5.73 Å². The average molecular weight is 230 g/mol. The van der Waals surface area contributed by atoms with E-state index in [1.807, 2.05) is 24.3 Å². The van der Waals surface area contributed by atoms with Crippen LogP contribution < -0.4 is 15.2 Å². The minimum atomic E-state index is 0.402. The number of methoxy groups -OCH3 is 1. The predicted molar refractivity (Wildman–Crippen MR) is 65.2 cm³/mol. The minimum absolute atomic E-state index is 0.402. The Balaban J connectivity index is 2.19. The van der Waals surface area contributed by atoms with Crippen LogP contribution >= 0.6 is 0 Å². The van der Waals surface area contributed by atoms with Crippen LogP contribution in [0.5, 0.6) is 17.2 Å². The SMILES string of the molecule is COc1ccc(Oc2ccncc2CN)cc1. The second kappa shape index (κ2) is 5.32. The van der Waals surface area contributed by atoms with E-state index in [2.05, 4.69) is 4.98 Å². The van der Waals surface area contributed by atoms with E-state index in [-0.39, 0.29) is 0 Å². The molecule has 2 aromatic rings. The van der Waals surface area contributed by atoms with Gasteiger partial charge in [0.15, 0.2) is 0 Å². The van der Waals surface area contributed by atoms with E-state index in [0.717, 1.165) is 22.8 Å². The van der Waals surface area contributed by atoms with Crippen molar-refractivity contribution in [3.8, 4) is 17.2 Å². The fraction of sp³-hybridized carbons (Fsp3) is 0.154. The van der Waals surface area contributed by atoms with Crippen LogP contribution in [0.2, 0.25) is 0 Å². The zero-order valence-corrected chi connectivity index (χ0v) is 9.59. The molecule has 0 radical (unpaired) electrons. The van der Waals surface area contributed by atoms with Crippen molar-refractivity contribution in [3.05, 3.63) is 48.3 Å². The van der Waals surface area contributed by atoms with Crippen LogP contribution in [0.3, 0.4) is 0 Å². The van der Waals surface area contributed by atoms with E-state index in [1.54, 1.807) is 25.6 Å². The monoisotopic (exact) mass is 230 g/mol. The Kier molecular flexibility index (Phi) is 3.57. The van der Waals surface area contributed by atoms with Crippen molar-refractivity contribution in [3.63, 3.8) is 0 Å². The summed E-state index contributed by atoms with van der Waals surface area (Å²) in [6.07, 6.45) is 3.39. The molecule has 1 aromatic carbocycles. The van der Waals surface area contributed by atoms with Crippen LogP contribution in [0.4, 0.5) is 0 Å². The summed E-state index contributed by atoms with van der Waals surface area (Å²) in [5.74, 6) is 2.27. The molecule has 0 spiro atoms. The number of nitrogens with two attached hydrogens (primary N) is 1. The standard InChI is InChI=1S/C13H14N2O2/c1-16-11-2-4-12(5-3-11)17-13-6-7-15-9-10(13)8-14/h2-7,9H,8,14H2,1H3. The molecular formula is C13H14N2O2. The maximum absolute atomic E-state index is 5.72. The number of pyridine rings is 1. The molecule has 0 atom stereocenters. The topological polar surface area (TPSA) is 57.4 Å². The maximum atomic E-state index is 5.72. The minimum Gasteiger partial charge on any atom is -0.497 e. The quantitative estimate of drug-likeness (QED) is 0.875. The van der Waals surface area contributed by atoms with Crippen molar-refractivity contribution >= 4 is 0 Å². The summed E-state index contributed by atoms with van der Waals surface area (Å²) < 4.78 is 10.8. The highest BCUT2D eigenvalue weighted by Crippen LogP contribution is 2.25. The lowest BCUT2D eigenvalue weighted by atomic mass is 10.2. The Morgan fingerprint density at radius 1 is 1.12 bits per heavy atom. The van der Waals surface area contributed by atoms with E-state index >= 15 is 0 Å².